The van der Waals surface area contributed by atoms with Gasteiger partial charge in [-0.05, 0) is 60.4 Å². The van der Waals surface area contributed by atoms with Gasteiger partial charge in [-0.25, -0.2) is 0 Å². The minimum absolute atomic E-state index is 0.897. The maximum Gasteiger partial charge on any atom is 0.242 e. The van der Waals surface area contributed by atoms with Crippen LogP contribution in [0.5, 0.6) is 11.5 Å². The molecule has 78 valence electrons. The highest BCUT2D eigenvalue weighted by atomic mass is 127. The number of rotatable bonds is 3. The van der Waals surface area contributed by atoms with Gasteiger partial charge in [-0.2, -0.15) is 0 Å². The quantitative estimate of drug-likeness (QED) is 0.626. The zero-order valence-electron chi connectivity index (χ0n) is 8.93. The molecule has 0 heterocycles. The van der Waals surface area contributed by atoms with Crippen LogP contribution in [0.15, 0.2) is 18.2 Å². The van der Waals surface area contributed by atoms with E-state index >= 15 is 0 Å². The van der Waals surface area contributed by atoms with Crippen LogP contribution in [-0.2, 0) is 0 Å². The van der Waals surface area contributed by atoms with Crippen molar-refractivity contribution in [2.24, 2.45) is 0 Å². The Kier molecular flexibility index (Phi) is 3.83. The average Bonchev–Trinajstić information content (AvgIpc) is 2.01. The third kappa shape index (κ3) is 3.49. The molecule has 0 aliphatic heterocycles. The fraction of sp³-hybridized carbons (Fsp3) is 0.400. The van der Waals surface area contributed by atoms with Gasteiger partial charge in [0.15, 0.2) is 0 Å². The number of methoxy groups -OCH3 is 1. The van der Waals surface area contributed by atoms with Gasteiger partial charge in [-0.1, -0.05) is 0 Å². The minimum Gasteiger partial charge on any atom is -0.544 e. The first-order chi connectivity index (χ1) is 6.42. The topological polar surface area (TPSA) is 18.5 Å². The number of ether oxygens (including phenoxy) is 1. The lowest BCUT2D eigenvalue weighted by molar-refractivity contribution is 0.411. The molecule has 0 fully saturated rings. The Hall–Kier alpha value is -0.233. The van der Waals surface area contributed by atoms with E-state index in [1.54, 1.807) is 7.11 Å². The number of halogens is 1. The molecule has 0 spiro atoms. The summed E-state index contributed by atoms with van der Waals surface area (Å²) in [5.74, 6) is 1.84. The van der Waals surface area contributed by atoms with E-state index in [1.807, 2.05) is 18.2 Å². The van der Waals surface area contributed by atoms with Gasteiger partial charge < -0.3 is 9.16 Å². The SMILES string of the molecule is COc1ccc(O[Si](C)(C)C)cc1I. The molecule has 0 bridgehead atoms. The highest BCUT2D eigenvalue weighted by molar-refractivity contribution is 14.1. The molecule has 2 nitrogen and oxygen atoms in total. The highest BCUT2D eigenvalue weighted by Crippen LogP contribution is 2.26. The van der Waals surface area contributed by atoms with Crippen molar-refractivity contribution in [1.82, 2.24) is 0 Å². The van der Waals surface area contributed by atoms with Crippen LogP contribution in [-0.4, -0.2) is 15.4 Å². The van der Waals surface area contributed by atoms with E-state index in [2.05, 4.69) is 42.2 Å². The second-order valence-electron chi connectivity index (χ2n) is 4.01. The van der Waals surface area contributed by atoms with Gasteiger partial charge in [-0.3, -0.25) is 0 Å². The minimum atomic E-state index is -1.49. The summed E-state index contributed by atoms with van der Waals surface area (Å²) in [4.78, 5) is 0. The molecule has 4 heteroatoms. The van der Waals surface area contributed by atoms with Crippen molar-refractivity contribution < 1.29 is 9.16 Å². The van der Waals surface area contributed by atoms with E-state index in [1.165, 1.54) is 0 Å². The van der Waals surface area contributed by atoms with Gasteiger partial charge in [0.2, 0.25) is 8.32 Å². The van der Waals surface area contributed by atoms with E-state index in [-0.39, 0.29) is 0 Å². The fourth-order valence-corrected chi connectivity index (χ4v) is 2.61. The van der Waals surface area contributed by atoms with E-state index in [9.17, 15) is 0 Å². The van der Waals surface area contributed by atoms with Crippen molar-refractivity contribution in [3.8, 4) is 11.5 Å². The van der Waals surface area contributed by atoms with Crippen molar-refractivity contribution in [1.29, 1.82) is 0 Å². The normalized spacial score (nSPS) is 11.2. The summed E-state index contributed by atoms with van der Waals surface area (Å²) in [5, 5.41) is 0. The Balaban J connectivity index is 2.87. The van der Waals surface area contributed by atoms with Crippen LogP contribution in [0.2, 0.25) is 19.6 Å². The summed E-state index contributed by atoms with van der Waals surface area (Å²) in [5.41, 5.74) is 0. The summed E-state index contributed by atoms with van der Waals surface area (Å²) < 4.78 is 12.1. The van der Waals surface area contributed by atoms with E-state index in [0.29, 0.717) is 0 Å². The molecule has 0 unspecified atom stereocenters. The largest absolute Gasteiger partial charge is 0.544 e. The summed E-state index contributed by atoms with van der Waals surface area (Å²) in [6.07, 6.45) is 0. The molecule has 0 atom stereocenters. The first-order valence-electron chi connectivity index (χ1n) is 4.45. The van der Waals surface area contributed by atoms with Crippen LogP contribution in [0.25, 0.3) is 0 Å². The van der Waals surface area contributed by atoms with E-state index < -0.39 is 8.32 Å². The van der Waals surface area contributed by atoms with Crippen LogP contribution in [0.1, 0.15) is 0 Å². The molecule has 0 saturated heterocycles. The zero-order valence-corrected chi connectivity index (χ0v) is 12.1. The first kappa shape index (κ1) is 11.8. The number of benzene rings is 1. The molecule has 0 N–H and O–H groups in total. The lowest BCUT2D eigenvalue weighted by Gasteiger charge is -2.19. The Morgan fingerprint density at radius 1 is 1.21 bits per heavy atom. The van der Waals surface area contributed by atoms with Gasteiger partial charge in [0.1, 0.15) is 11.5 Å². The molecule has 0 saturated carbocycles. The predicted octanol–water partition coefficient (Wildman–Crippen LogP) is 3.51. The molecule has 0 amide bonds. The van der Waals surface area contributed by atoms with Crippen LogP contribution in [0.4, 0.5) is 0 Å². The Labute approximate surface area is 99.9 Å². The molecule has 0 aliphatic carbocycles. The molecule has 1 aromatic carbocycles. The Morgan fingerprint density at radius 3 is 2.29 bits per heavy atom. The van der Waals surface area contributed by atoms with Gasteiger partial charge in [-0.15, -0.1) is 0 Å². The molecule has 1 aromatic rings. The molecule has 14 heavy (non-hydrogen) atoms. The summed E-state index contributed by atoms with van der Waals surface area (Å²) in [6, 6.07) is 5.91. The van der Waals surface area contributed by atoms with E-state index in [4.69, 9.17) is 9.16 Å². The summed E-state index contributed by atoms with van der Waals surface area (Å²) in [6.45, 7) is 6.51. The second-order valence-corrected chi connectivity index (χ2v) is 9.60. The maximum atomic E-state index is 5.86. The molecule has 1 rings (SSSR count). The fourth-order valence-electron chi connectivity index (χ4n) is 1.06. The van der Waals surface area contributed by atoms with Gasteiger partial charge in [0, 0.05) is 0 Å². The van der Waals surface area contributed by atoms with Gasteiger partial charge >= 0.3 is 0 Å². The molecule has 0 aliphatic rings. The lowest BCUT2D eigenvalue weighted by atomic mass is 10.3. The highest BCUT2D eigenvalue weighted by Gasteiger charge is 2.16. The third-order valence-electron chi connectivity index (χ3n) is 1.55. The van der Waals surface area contributed by atoms with Crippen LogP contribution < -0.4 is 9.16 Å². The Bertz CT molecular complexity index is 320. The lowest BCUT2D eigenvalue weighted by Crippen LogP contribution is -2.29. The monoisotopic (exact) mass is 322 g/mol. The number of hydrogen-bond donors (Lipinski definition) is 0. The number of hydrogen-bond acceptors (Lipinski definition) is 2. The van der Waals surface area contributed by atoms with E-state index in [0.717, 1.165) is 15.1 Å². The standard InChI is InChI=1S/C10H15IO2Si/c1-12-10-6-5-8(7-9(10)11)13-14(2,3)4/h5-7H,1-4H3. The van der Waals surface area contributed by atoms with Crippen molar-refractivity contribution in [3.63, 3.8) is 0 Å². The second kappa shape index (κ2) is 4.52. The summed E-state index contributed by atoms with van der Waals surface area (Å²) >= 11 is 2.25. The van der Waals surface area contributed by atoms with Crippen molar-refractivity contribution >= 4 is 30.9 Å². The molecular formula is C10H15IO2Si. The third-order valence-corrected chi connectivity index (χ3v) is 3.24. The van der Waals surface area contributed by atoms with Gasteiger partial charge in [0.05, 0.1) is 10.7 Å². The van der Waals surface area contributed by atoms with Crippen molar-refractivity contribution in [2.75, 3.05) is 7.11 Å². The molecule has 0 radical (unpaired) electrons. The van der Waals surface area contributed by atoms with Crippen LogP contribution in [0, 0.1) is 3.57 Å². The average molecular weight is 322 g/mol. The van der Waals surface area contributed by atoms with Crippen molar-refractivity contribution in [3.05, 3.63) is 21.8 Å². The first-order valence-corrected chi connectivity index (χ1v) is 8.93. The Morgan fingerprint density at radius 2 is 1.86 bits per heavy atom. The van der Waals surface area contributed by atoms with Crippen molar-refractivity contribution in [2.45, 2.75) is 19.6 Å². The summed E-state index contributed by atoms with van der Waals surface area (Å²) in [7, 11) is 0.184. The zero-order chi connectivity index (χ0) is 10.8. The molecule has 0 aromatic heterocycles. The predicted molar refractivity (Wildman–Crippen MR) is 69.7 cm³/mol. The maximum absolute atomic E-state index is 5.86. The van der Waals surface area contributed by atoms with Gasteiger partial charge in [0.25, 0.3) is 0 Å². The smallest absolute Gasteiger partial charge is 0.242 e. The molecular weight excluding hydrogens is 307 g/mol. The van der Waals surface area contributed by atoms with Crippen LogP contribution >= 0.6 is 22.6 Å². The van der Waals surface area contributed by atoms with Crippen LogP contribution in [0.3, 0.4) is 0 Å².